The van der Waals surface area contributed by atoms with Crippen molar-refractivity contribution in [3.63, 3.8) is 0 Å². The third kappa shape index (κ3) is 7.34. The van der Waals surface area contributed by atoms with E-state index >= 15 is 0 Å². The molecule has 1 aliphatic heterocycles. The topological polar surface area (TPSA) is 30.5 Å². The van der Waals surface area contributed by atoms with Gasteiger partial charge in [-0.25, -0.2) is 0 Å². The zero-order valence-corrected chi connectivity index (χ0v) is 12.6. The molecule has 0 aliphatic carbocycles. The summed E-state index contributed by atoms with van der Waals surface area (Å²) in [5, 5.41) is 3.51. The Hall–Kier alpha value is -0.120. The van der Waals surface area contributed by atoms with Gasteiger partial charge in [0.25, 0.3) is 0 Å². The van der Waals surface area contributed by atoms with Gasteiger partial charge in [0.1, 0.15) is 0 Å². The van der Waals surface area contributed by atoms with Gasteiger partial charge >= 0.3 is 0 Å². The molecule has 0 bridgehead atoms. The van der Waals surface area contributed by atoms with Crippen LogP contribution in [0.2, 0.25) is 0 Å². The summed E-state index contributed by atoms with van der Waals surface area (Å²) in [6.45, 7) is 11.3. The van der Waals surface area contributed by atoms with Gasteiger partial charge in [0, 0.05) is 12.6 Å². The first kappa shape index (κ1) is 15.9. The molecule has 0 aromatic carbocycles. The second kappa shape index (κ2) is 8.13. The third-order valence-corrected chi connectivity index (χ3v) is 3.31. The van der Waals surface area contributed by atoms with Crippen molar-refractivity contribution in [1.82, 2.24) is 5.32 Å². The Morgan fingerprint density at radius 1 is 1.39 bits per heavy atom. The maximum Gasteiger partial charge on any atom is 0.0626 e. The molecule has 2 unspecified atom stereocenters. The van der Waals surface area contributed by atoms with Gasteiger partial charge in [-0.2, -0.15) is 0 Å². The molecule has 1 aliphatic rings. The molecule has 3 nitrogen and oxygen atoms in total. The Bertz CT molecular complexity index is 207. The van der Waals surface area contributed by atoms with Crippen molar-refractivity contribution in [2.24, 2.45) is 0 Å². The summed E-state index contributed by atoms with van der Waals surface area (Å²) >= 11 is 0. The lowest BCUT2D eigenvalue weighted by molar-refractivity contribution is -0.0159. The maximum atomic E-state index is 5.87. The fourth-order valence-corrected chi connectivity index (χ4v) is 2.35. The lowest BCUT2D eigenvalue weighted by atomic mass is 10.1. The first-order valence-electron chi connectivity index (χ1n) is 7.50. The zero-order valence-electron chi connectivity index (χ0n) is 12.6. The Labute approximate surface area is 113 Å². The van der Waals surface area contributed by atoms with Gasteiger partial charge in [0.15, 0.2) is 0 Å². The van der Waals surface area contributed by atoms with Crippen LogP contribution < -0.4 is 5.32 Å². The average molecular weight is 257 g/mol. The van der Waals surface area contributed by atoms with Crippen LogP contribution in [-0.2, 0) is 9.47 Å². The van der Waals surface area contributed by atoms with Crippen molar-refractivity contribution in [3.8, 4) is 0 Å². The molecule has 108 valence electrons. The van der Waals surface area contributed by atoms with Crippen molar-refractivity contribution in [2.75, 3.05) is 19.8 Å². The highest BCUT2D eigenvalue weighted by Crippen LogP contribution is 2.18. The van der Waals surface area contributed by atoms with Crippen LogP contribution in [0.3, 0.4) is 0 Å². The molecule has 3 heteroatoms. The van der Waals surface area contributed by atoms with Crippen LogP contribution in [0, 0.1) is 0 Å². The summed E-state index contributed by atoms with van der Waals surface area (Å²) in [6.07, 6.45) is 6.64. The second-order valence-corrected chi connectivity index (χ2v) is 6.24. The lowest BCUT2D eigenvalue weighted by Crippen LogP contribution is -2.36. The molecule has 0 radical (unpaired) electrons. The van der Waals surface area contributed by atoms with Crippen molar-refractivity contribution in [2.45, 2.75) is 77.5 Å². The predicted octanol–water partition coefficient (Wildman–Crippen LogP) is 3.13. The van der Waals surface area contributed by atoms with Gasteiger partial charge < -0.3 is 14.8 Å². The van der Waals surface area contributed by atoms with Gasteiger partial charge in [-0.15, -0.1) is 0 Å². The van der Waals surface area contributed by atoms with Crippen LogP contribution in [0.5, 0.6) is 0 Å². The van der Waals surface area contributed by atoms with E-state index in [2.05, 4.69) is 33.0 Å². The van der Waals surface area contributed by atoms with Crippen LogP contribution >= 0.6 is 0 Å². The Kier molecular flexibility index (Phi) is 7.20. The van der Waals surface area contributed by atoms with E-state index in [1.807, 2.05) is 0 Å². The molecule has 0 amide bonds. The van der Waals surface area contributed by atoms with Gasteiger partial charge in [-0.3, -0.25) is 0 Å². The van der Waals surface area contributed by atoms with Crippen molar-refractivity contribution in [3.05, 3.63) is 0 Å². The van der Waals surface area contributed by atoms with E-state index in [1.54, 1.807) is 0 Å². The molecule has 1 heterocycles. The summed E-state index contributed by atoms with van der Waals surface area (Å²) in [7, 11) is 0. The zero-order chi connectivity index (χ0) is 13.4. The molecule has 1 rings (SSSR count). The highest BCUT2D eigenvalue weighted by molar-refractivity contribution is 4.71. The Balaban J connectivity index is 2.15. The molecule has 1 saturated heterocycles. The fraction of sp³-hybridized carbons (Fsp3) is 1.00. The molecule has 2 atom stereocenters. The number of hydrogen-bond donors (Lipinski definition) is 1. The van der Waals surface area contributed by atoms with Crippen LogP contribution in [0.4, 0.5) is 0 Å². The van der Waals surface area contributed by atoms with Gasteiger partial charge in [-0.1, -0.05) is 6.92 Å². The molecule has 0 aromatic rings. The van der Waals surface area contributed by atoms with E-state index in [0.717, 1.165) is 19.8 Å². The average Bonchev–Trinajstić information content (AvgIpc) is 2.78. The standard InChI is InChI=1S/C15H31NO2/c1-5-16-13(12-18-15(2,3)4)8-6-9-14-10-7-11-17-14/h13-14,16H,5-12H2,1-4H3. The van der Waals surface area contributed by atoms with E-state index in [1.165, 1.54) is 32.1 Å². The highest BCUT2D eigenvalue weighted by atomic mass is 16.5. The predicted molar refractivity (Wildman–Crippen MR) is 76.0 cm³/mol. The van der Waals surface area contributed by atoms with Gasteiger partial charge in [0.05, 0.1) is 18.3 Å². The summed E-state index contributed by atoms with van der Waals surface area (Å²) in [6, 6.07) is 0.482. The molecule has 0 aromatic heterocycles. The monoisotopic (exact) mass is 257 g/mol. The SMILES string of the molecule is CCNC(CCCC1CCCO1)COC(C)(C)C. The van der Waals surface area contributed by atoms with E-state index in [9.17, 15) is 0 Å². The van der Waals surface area contributed by atoms with E-state index in [-0.39, 0.29) is 5.60 Å². The van der Waals surface area contributed by atoms with Crippen LogP contribution in [-0.4, -0.2) is 37.5 Å². The molecule has 1 fully saturated rings. The first-order chi connectivity index (χ1) is 8.51. The number of nitrogens with one attached hydrogen (secondary N) is 1. The molecule has 0 saturated carbocycles. The van der Waals surface area contributed by atoms with E-state index < -0.39 is 0 Å². The largest absolute Gasteiger partial charge is 0.378 e. The molecular formula is C15H31NO2. The lowest BCUT2D eigenvalue weighted by Gasteiger charge is -2.25. The van der Waals surface area contributed by atoms with E-state index in [0.29, 0.717) is 12.1 Å². The Morgan fingerprint density at radius 3 is 2.72 bits per heavy atom. The van der Waals surface area contributed by atoms with Gasteiger partial charge in [-0.05, 0) is 59.4 Å². The number of likely N-dealkylation sites (N-methyl/N-ethyl adjacent to an activating group) is 1. The van der Waals surface area contributed by atoms with Crippen LogP contribution in [0.25, 0.3) is 0 Å². The minimum Gasteiger partial charge on any atom is -0.378 e. The van der Waals surface area contributed by atoms with Crippen molar-refractivity contribution in [1.29, 1.82) is 0 Å². The Morgan fingerprint density at radius 2 is 2.17 bits per heavy atom. The molecular weight excluding hydrogens is 226 g/mol. The molecule has 0 spiro atoms. The molecule has 1 N–H and O–H groups in total. The first-order valence-corrected chi connectivity index (χ1v) is 7.50. The normalized spacial score (nSPS) is 22.3. The third-order valence-electron chi connectivity index (χ3n) is 3.31. The summed E-state index contributed by atoms with van der Waals surface area (Å²) in [4.78, 5) is 0. The molecule has 18 heavy (non-hydrogen) atoms. The number of ether oxygens (including phenoxy) is 2. The summed E-state index contributed by atoms with van der Waals surface area (Å²) in [5.74, 6) is 0. The second-order valence-electron chi connectivity index (χ2n) is 6.24. The van der Waals surface area contributed by atoms with Crippen molar-refractivity contribution < 1.29 is 9.47 Å². The van der Waals surface area contributed by atoms with Crippen molar-refractivity contribution >= 4 is 0 Å². The highest BCUT2D eigenvalue weighted by Gasteiger charge is 2.17. The number of hydrogen-bond acceptors (Lipinski definition) is 3. The van der Waals surface area contributed by atoms with Crippen LogP contribution in [0.15, 0.2) is 0 Å². The smallest absolute Gasteiger partial charge is 0.0626 e. The van der Waals surface area contributed by atoms with Crippen LogP contribution in [0.1, 0.15) is 59.8 Å². The van der Waals surface area contributed by atoms with E-state index in [4.69, 9.17) is 9.47 Å². The fourth-order valence-electron chi connectivity index (χ4n) is 2.35. The number of rotatable bonds is 8. The summed E-state index contributed by atoms with van der Waals surface area (Å²) < 4.78 is 11.5. The summed E-state index contributed by atoms with van der Waals surface area (Å²) in [5.41, 5.74) is -0.0394. The quantitative estimate of drug-likeness (QED) is 0.724. The minimum absolute atomic E-state index is 0.0394. The minimum atomic E-state index is -0.0394. The maximum absolute atomic E-state index is 5.87. The van der Waals surface area contributed by atoms with Gasteiger partial charge in [0.2, 0.25) is 0 Å².